The van der Waals surface area contributed by atoms with Gasteiger partial charge in [0.25, 0.3) is 0 Å². The summed E-state index contributed by atoms with van der Waals surface area (Å²) in [6, 6.07) is 0. The van der Waals surface area contributed by atoms with Crippen LogP contribution in [0.5, 0.6) is 0 Å². The van der Waals surface area contributed by atoms with Crippen molar-refractivity contribution >= 4 is 5.71 Å². The molecule has 0 aliphatic carbocycles. The molecular formula is C6H14N2O. The molecule has 0 unspecified atom stereocenters. The van der Waals surface area contributed by atoms with E-state index in [4.69, 9.17) is 5.73 Å². The lowest BCUT2D eigenvalue weighted by atomic mass is 10.0. The van der Waals surface area contributed by atoms with Crippen LogP contribution in [0.4, 0.5) is 0 Å². The smallest absolute Gasteiger partial charge is 0.106 e. The second kappa shape index (κ2) is 2.82. The van der Waals surface area contributed by atoms with Crippen molar-refractivity contribution in [2.24, 2.45) is 10.9 Å². The third-order valence-electron chi connectivity index (χ3n) is 1.16. The fourth-order valence-corrected chi connectivity index (χ4v) is 0.255. The number of rotatable bonds is 2. The Balaban J connectivity index is 4.03. The molecule has 0 aromatic heterocycles. The normalized spacial score (nSPS) is 13.7. The van der Waals surface area contributed by atoms with E-state index in [1.165, 1.54) is 7.11 Å². The highest BCUT2D eigenvalue weighted by Gasteiger charge is 2.14. The molecule has 0 saturated carbocycles. The van der Waals surface area contributed by atoms with E-state index in [1.54, 1.807) is 0 Å². The van der Waals surface area contributed by atoms with E-state index in [9.17, 15) is 0 Å². The molecule has 0 bridgehead atoms. The molecule has 0 amide bonds. The van der Waals surface area contributed by atoms with Crippen molar-refractivity contribution in [1.82, 2.24) is 0 Å². The fourth-order valence-electron chi connectivity index (χ4n) is 0.255. The molecule has 0 aliphatic rings. The first-order valence-electron chi connectivity index (χ1n) is 2.85. The second-order valence-corrected chi connectivity index (χ2v) is 2.58. The topological polar surface area (TPSA) is 47.6 Å². The molecule has 0 aliphatic heterocycles. The van der Waals surface area contributed by atoms with Gasteiger partial charge < -0.3 is 10.6 Å². The summed E-state index contributed by atoms with van der Waals surface area (Å²) in [6.07, 6.45) is 0. The molecule has 0 rings (SSSR count). The van der Waals surface area contributed by atoms with Crippen LogP contribution in [0.1, 0.15) is 20.8 Å². The van der Waals surface area contributed by atoms with Crippen molar-refractivity contribution in [2.45, 2.75) is 26.3 Å². The van der Waals surface area contributed by atoms with Gasteiger partial charge in [-0.2, -0.15) is 0 Å². The number of nitrogens with zero attached hydrogens (tertiary/aromatic N) is 1. The lowest BCUT2D eigenvalue weighted by Gasteiger charge is -2.16. The van der Waals surface area contributed by atoms with Gasteiger partial charge in [0.2, 0.25) is 0 Å². The van der Waals surface area contributed by atoms with Gasteiger partial charge in [0.05, 0.1) is 11.3 Å². The van der Waals surface area contributed by atoms with Crippen LogP contribution in [-0.2, 0) is 4.84 Å². The van der Waals surface area contributed by atoms with Crippen molar-refractivity contribution in [3.63, 3.8) is 0 Å². The van der Waals surface area contributed by atoms with Gasteiger partial charge in [-0.15, -0.1) is 0 Å². The van der Waals surface area contributed by atoms with Gasteiger partial charge in [-0.1, -0.05) is 5.16 Å². The molecule has 9 heavy (non-hydrogen) atoms. The number of oxime groups is 1. The van der Waals surface area contributed by atoms with Gasteiger partial charge in [0.1, 0.15) is 7.11 Å². The van der Waals surface area contributed by atoms with Crippen molar-refractivity contribution in [2.75, 3.05) is 7.11 Å². The highest BCUT2D eigenvalue weighted by atomic mass is 16.6. The van der Waals surface area contributed by atoms with Crippen LogP contribution >= 0.6 is 0 Å². The van der Waals surface area contributed by atoms with E-state index in [0.717, 1.165) is 5.71 Å². The lowest BCUT2D eigenvalue weighted by molar-refractivity contribution is 0.210. The highest BCUT2D eigenvalue weighted by Crippen LogP contribution is 1.99. The Hall–Kier alpha value is -0.570. The second-order valence-electron chi connectivity index (χ2n) is 2.58. The Labute approximate surface area is 55.9 Å². The fraction of sp³-hybridized carbons (Fsp3) is 0.833. The summed E-state index contributed by atoms with van der Waals surface area (Å²) < 4.78 is 0. The standard InChI is InChI=1S/C6H14N2O/c1-5(8-9-4)6(2,3)7/h7H2,1-4H3/b8-5-. The predicted molar refractivity (Wildman–Crippen MR) is 38.4 cm³/mol. The van der Waals surface area contributed by atoms with Crippen molar-refractivity contribution in [3.05, 3.63) is 0 Å². The van der Waals surface area contributed by atoms with Crippen LogP contribution < -0.4 is 5.73 Å². The maximum atomic E-state index is 5.65. The van der Waals surface area contributed by atoms with Crippen LogP contribution in [0.15, 0.2) is 5.16 Å². The van der Waals surface area contributed by atoms with Gasteiger partial charge in [-0.05, 0) is 20.8 Å². The summed E-state index contributed by atoms with van der Waals surface area (Å²) >= 11 is 0. The monoisotopic (exact) mass is 130 g/mol. The van der Waals surface area contributed by atoms with Gasteiger partial charge >= 0.3 is 0 Å². The van der Waals surface area contributed by atoms with Crippen LogP contribution in [0, 0.1) is 0 Å². The Morgan fingerprint density at radius 3 is 2.11 bits per heavy atom. The SMILES string of the molecule is CO/N=C(/C)C(C)(C)N. The minimum atomic E-state index is -0.365. The molecule has 3 nitrogen and oxygen atoms in total. The quantitative estimate of drug-likeness (QED) is 0.443. The van der Waals surface area contributed by atoms with E-state index >= 15 is 0 Å². The average molecular weight is 130 g/mol. The summed E-state index contributed by atoms with van der Waals surface area (Å²) in [5.74, 6) is 0. The average Bonchev–Trinajstić information content (AvgIpc) is 1.64. The van der Waals surface area contributed by atoms with E-state index in [-0.39, 0.29) is 5.54 Å². The minimum Gasteiger partial charge on any atom is -0.399 e. The summed E-state index contributed by atoms with van der Waals surface area (Å²) in [5.41, 5.74) is 6.09. The third-order valence-corrected chi connectivity index (χ3v) is 1.16. The van der Waals surface area contributed by atoms with Crippen LogP contribution in [0.2, 0.25) is 0 Å². The Kier molecular flexibility index (Phi) is 2.65. The largest absolute Gasteiger partial charge is 0.399 e. The zero-order chi connectivity index (χ0) is 7.49. The van der Waals surface area contributed by atoms with Gasteiger partial charge in [-0.25, -0.2) is 0 Å². The van der Waals surface area contributed by atoms with Crippen LogP contribution in [0.25, 0.3) is 0 Å². The maximum absolute atomic E-state index is 5.65. The first-order valence-corrected chi connectivity index (χ1v) is 2.85. The summed E-state index contributed by atoms with van der Waals surface area (Å²) in [6.45, 7) is 5.60. The van der Waals surface area contributed by atoms with Crippen molar-refractivity contribution < 1.29 is 4.84 Å². The third kappa shape index (κ3) is 3.08. The first kappa shape index (κ1) is 8.43. The Morgan fingerprint density at radius 2 is 2.00 bits per heavy atom. The molecule has 2 N–H and O–H groups in total. The van der Waals surface area contributed by atoms with E-state index in [1.807, 2.05) is 20.8 Å². The number of nitrogens with two attached hydrogens (primary N) is 1. The molecule has 0 saturated heterocycles. The van der Waals surface area contributed by atoms with Crippen LogP contribution in [0.3, 0.4) is 0 Å². The molecule has 54 valence electrons. The Bertz CT molecular complexity index is 113. The van der Waals surface area contributed by atoms with Crippen molar-refractivity contribution in [1.29, 1.82) is 0 Å². The molecule has 0 spiro atoms. The number of hydrogen-bond acceptors (Lipinski definition) is 3. The highest BCUT2D eigenvalue weighted by molar-refractivity contribution is 5.89. The zero-order valence-electron chi connectivity index (χ0n) is 6.43. The molecular weight excluding hydrogens is 116 g/mol. The lowest BCUT2D eigenvalue weighted by Crippen LogP contribution is -2.39. The Morgan fingerprint density at radius 1 is 1.56 bits per heavy atom. The molecule has 0 atom stereocenters. The summed E-state index contributed by atoms with van der Waals surface area (Å²) in [4.78, 5) is 4.54. The number of hydrogen-bond donors (Lipinski definition) is 1. The van der Waals surface area contributed by atoms with Gasteiger partial charge in [0.15, 0.2) is 0 Å². The molecule has 0 aromatic rings. The molecule has 0 radical (unpaired) electrons. The predicted octanol–water partition coefficient (Wildman–Crippen LogP) is 0.746. The van der Waals surface area contributed by atoms with Crippen LogP contribution in [-0.4, -0.2) is 18.4 Å². The van der Waals surface area contributed by atoms with E-state index in [0.29, 0.717) is 0 Å². The molecule has 0 heterocycles. The summed E-state index contributed by atoms with van der Waals surface area (Å²) in [5, 5.41) is 3.69. The summed E-state index contributed by atoms with van der Waals surface area (Å²) in [7, 11) is 1.51. The van der Waals surface area contributed by atoms with Gasteiger partial charge in [-0.3, -0.25) is 0 Å². The molecule has 3 heteroatoms. The minimum absolute atomic E-state index is 0.365. The molecule has 0 fully saturated rings. The van der Waals surface area contributed by atoms with E-state index in [2.05, 4.69) is 9.99 Å². The molecule has 0 aromatic carbocycles. The van der Waals surface area contributed by atoms with E-state index < -0.39 is 0 Å². The first-order chi connectivity index (χ1) is 3.98. The van der Waals surface area contributed by atoms with Crippen molar-refractivity contribution in [3.8, 4) is 0 Å². The maximum Gasteiger partial charge on any atom is 0.106 e. The van der Waals surface area contributed by atoms with Gasteiger partial charge in [0, 0.05) is 0 Å². The zero-order valence-corrected chi connectivity index (χ0v) is 6.43.